The van der Waals surface area contributed by atoms with E-state index in [2.05, 4.69) is 6.08 Å². The van der Waals surface area contributed by atoms with Crippen LogP contribution in [0.1, 0.15) is 36.6 Å². The van der Waals surface area contributed by atoms with Crippen LogP contribution in [0.2, 0.25) is 0 Å². The number of fused-ring (bicyclic) bond motifs is 1. The van der Waals surface area contributed by atoms with Gasteiger partial charge in [-0.25, -0.2) is 4.98 Å². The summed E-state index contributed by atoms with van der Waals surface area (Å²) < 4.78 is 0. The van der Waals surface area contributed by atoms with E-state index in [9.17, 15) is 5.11 Å². The highest BCUT2D eigenvalue weighted by atomic mass is 35.5. The number of alkyl halides is 1. The third-order valence-corrected chi connectivity index (χ3v) is 4.63. The Labute approximate surface area is 153 Å². The highest BCUT2D eigenvalue weighted by molar-refractivity contribution is 6.22. The minimum absolute atomic E-state index is 0.0435. The van der Waals surface area contributed by atoms with Gasteiger partial charge in [-0.1, -0.05) is 48.6 Å². The molecular formula is C21H23ClN2O. The van der Waals surface area contributed by atoms with Gasteiger partial charge in [-0.15, -0.1) is 11.6 Å². The second-order valence-electron chi connectivity index (χ2n) is 6.18. The maximum absolute atomic E-state index is 10.7. The van der Waals surface area contributed by atoms with Crippen LogP contribution in [0.4, 0.5) is 0 Å². The average Bonchev–Trinajstić information content (AvgIpc) is 2.65. The Balaban J connectivity index is 1.97. The van der Waals surface area contributed by atoms with Crippen molar-refractivity contribution >= 4 is 28.1 Å². The molecule has 3 N–H and O–H groups in total. The van der Waals surface area contributed by atoms with Crippen molar-refractivity contribution in [3.05, 3.63) is 72.0 Å². The summed E-state index contributed by atoms with van der Waals surface area (Å²) in [6.45, 7) is 0.622. The standard InChI is InChI=1S/C21H23ClN2O/c22-16-11-9-15(10-12-16)20-14-18(21(25)8-2-1-5-13-23)17-6-3-4-7-19(17)24-20/h1-4,6-7,9-11,14,16,21,25H,5,8,12-13,23H2/b2-1-/t16?,21-/m0/s1. The van der Waals surface area contributed by atoms with Gasteiger partial charge in [0.05, 0.1) is 22.7 Å². The van der Waals surface area contributed by atoms with E-state index in [1.54, 1.807) is 0 Å². The van der Waals surface area contributed by atoms with Crippen molar-refractivity contribution < 1.29 is 5.11 Å². The van der Waals surface area contributed by atoms with Crippen molar-refractivity contribution in [3.63, 3.8) is 0 Å². The average molecular weight is 355 g/mol. The second-order valence-corrected chi connectivity index (χ2v) is 6.74. The monoisotopic (exact) mass is 354 g/mol. The summed E-state index contributed by atoms with van der Waals surface area (Å²) in [5, 5.41) is 11.7. The normalized spacial score (nSPS) is 18.7. The lowest BCUT2D eigenvalue weighted by molar-refractivity contribution is 0.183. The number of halogens is 1. The molecule has 0 saturated carbocycles. The van der Waals surface area contributed by atoms with E-state index >= 15 is 0 Å². The van der Waals surface area contributed by atoms with Crippen molar-refractivity contribution in [1.82, 2.24) is 4.98 Å². The van der Waals surface area contributed by atoms with E-state index in [0.717, 1.165) is 40.6 Å². The van der Waals surface area contributed by atoms with E-state index in [0.29, 0.717) is 13.0 Å². The number of aromatic nitrogens is 1. The number of pyridine rings is 1. The molecule has 1 aromatic heterocycles. The van der Waals surface area contributed by atoms with Crippen molar-refractivity contribution in [2.45, 2.75) is 30.7 Å². The van der Waals surface area contributed by atoms with Gasteiger partial charge in [0.15, 0.2) is 0 Å². The lowest BCUT2D eigenvalue weighted by Gasteiger charge is -2.16. The lowest BCUT2D eigenvalue weighted by Crippen LogP contribution is -2.03. The zero-order valence-electron chi connectivity index (χ0n) is 14.1. The van der Waals surface area contributed by atoms with Gasteiger partial charge >= 0.3 is 0 Å². The molecule has 1 unspecified atom stereocenters. The summed E-state index contributed by atoms with van der Waals surface area (Å²) >= 11 is 6.12. The fraction of sp³-hybridized carbons (Fsp3) is 0.286. The molecule has 4 heteroatoms. The molecule has 1 heterocycles. The molecule has 0 radical (unpaired) electrons. The van der Waals surface area contributed by atoms with Crippen molar-refractivity contribution in [2.75, 3.05) is 6.54 Å². The van der Waals surface area contributed by atoms with Crippen LogP contribution in [0.5, 0.6) is 0 Å². The van der Waals surface area contributed by atoms with E-state index in [1.807, 2.05) is 54.6 Å². The predicted molar refractivity (Wildman–Crippen MR) is 106 cm³/mol. The van der Waals surface area contributed by atoms with Crippen LogP contribution < -0.4 is 5.73 Å². The number of nitrogens with zero attached hydrogens (tertiary/aromatic N) is 1. The summed E-state index contributed by atoms with van der Waals surface area (Å²) in [7, 11) is 0. The van der Waals surface area contributed by atoms with Gasteiger partial charge in [-0.2, -0.15) is 0 Å². The summed E-state index contributed by atoms with van der Waals surface area (Å²) in [6, 6.07) is 9.93. The van der Waals surface area contributed by atoms with Crippen molar-refractivity contribution in [1.29, 1.82) is 0 Å². The Morgan fingerprint density at radius 3 is 2.92 bits per heavy atom. The number of rotatable bonds is 6. The van der Waals surface area contributed by atoms with Crippen molar-refractivity contribution in [3.8, 4) is 0 Å². The van der Waals surface area contributed by atoms with Gasteiger partial charge < -0.3 is 10.8 Å². The van der Waals surface area contributed by atoms with Gasteiger partial charge in [0, 0.05) is 5.39 Å². The van der Waals surface area contributed by atoms with Crippen LogP contribution in [0.15, 0.2) is 60.7 Å². The topological polar surface area (TPSA) is 59.1 Å². The molecule has 0 aliphatic heterocycles. The van der Waals surface area contributed by atoms with Crippen LogP contribution in [0, 0.1) is 0 Å². The highest BCUT2D eigenvalue weighted by Crippen LogP contribution is 2.30. The third-order valence-electron chi connectivity index (χ3n) is 4.31. The summed E-state index contributed by atoms with van der Waals surface area (Å²) in [5.74, 6) is 0. The maximum Gasteiger partial charge on any atom is 0.0831 e. The van der Waals surface area contributed by atoms with Crippen LogP contribution in [0.25, 0.3) is 16.5 Å². The van der Waals surface area contributed by atoms with Gasteiger partial charge in [0.1, 0.15) is 0 Å². The Kier molecular flexibility index (Phi) is 6.03. The summed E-state index contributed by atoms with van der Waals surface area (Å²) in [4.78, 5) is 4.77. The molecular weight excluding hydrogens is 332 g/mol. The molecule has 2 aromatic rings. The minimum atomic E-state index is -0.574. The second kappa shape index (κ2) is 8.43. The molecule has 2 atom stereocenters. The Morgan fingerprint density at radius 2 is 2.16 bits per heavy atom. The summed E-state index contributed by atoms with van der Waals surface area (Å²) in [6.07, 6.45) is 11.7. The zero-order valence-corrected chi connectivity index (χ0v) is 14.9. The number of para-hydroxylation sites is 1. The smallest absolute Gasteiger partial charge is 0.0831 e. The quantitative estimate of drug-likeness (QED) is 0.592. The molecule has 1 aliphatic carbocycles. The third kappa shape index (κ3) is 4.37. The van der Waals surface area contributed by atoms with E-state index in [1.165, 1.54) is 0 Å². The molecule has 130 valence electrons. The number of aliphatic hydroxyl groups excluding tert-OH is 1. The molecule has 0 spiro atoms. The summed E-state index contributed by atoms with van der Waals surface area (Å²) in [5.41, 5.74) is 9.22. The molecule has 0 bridgehead atoms. The van der Waals surface area contributed by atoms with Gasteiger partial charge in [-0.3, -0.25) is 0 Å². The Bertz CT molecular complexity index is 826. The SMILES string of the molecule is NCC/C=C\C[C@H](O)c1cc(C2=CCC(Cl)C=C2)nc2ccccc12. The van der Waals surface area contributed by atoms with Crippen molar-refractivity contribution in [2.24, 2.45) is 5.73 Å². The van der Waals surface area contributed by atoms with Crippen LogP contribution in [0.3, 0.4) is 0 Å². The number of hydrogen-bond donors (Lipinski definition) is 2. The number of allylic oxidation sites excluding steroid dienone is 4. The molecule has 0 amide bonds. The fourth-order valence-electron chi connectivity index (χ4n) is 2.98. The number of aliphatic hydroxyl groups is 1. The number of hydrogen-bond acceptors (Lipinski definition) is 3. The maximum atomic E-state index is 10.7. The molecule has 1 aromatic carbocycles. The first-order valence-electron chi connectivity index (χ1n) is 8.64. The first kappa shape index (κ1) is 17.9. The van der Waals surface area contributed by atoms with E-state index in [4.69, 9.17) is 22.3 Å². The van der Waals surface area contributed by atoms with Crippen LogP contribution >= 0.6 is 11.6 Å². The number of nitrogens with two attached hydrogens (primary N) is 1. The molecule has 25 heavy (non-hydrogen) atoms. The molecule has 3 nitrogen and oxygen atoms in total. The van der Waals surface area contributed by atoms with Gasteiger partial charge in [-0.05, 0) is 49.1 Å². The first-order valence-corrected chi connectivity index (χ1v) is 9.08. The van der Waals surface area contributed by atoms with E-state index < -0.39 is 6.10 Å². The molecule has 1 aliphatic rings. The van der Waals surface area contributed by atoms with E-state index in [-0.39, 0.29) is 5.38 Å². The predicted octanol–water partition coefficient (Wildman–Crippen LogP) is 4.51. The fourth-order valence-corrected chi connectivity index (χ4v) is 3.14. The Morgan fingerprint density at radius 1 is 1.32 bits per heavy atom. The van der Waals surface area contributed by atoms with Crippen LogP contribution in [-0.2, 0) is 0 Å². The lowest BCUT2D eigenvalue weighted by atomic mass is 9.96. The zero-order chi connectivity index (χ0) is 17.6. The molecule has 0 fully saturated rings. The first-order chi connectivity index (χ1) is 12.2. The van der Waals surface area contributed by atoms with Gasteiger partial charge in [0.25, 0.3) is 0 Å². The largest absolute Gasteiger partial charge is 0.388 e. The number of benzene rings is 1. The molecule has 3 rings (SSSR count). The highest BCUT2D eigenvalue weighted by Gasteiger charge is 2.15. The minimum Gasteiger partial charge on any atom is -0.388 e. The Hall–Kier alpha value is -1.94. The van der Waals surface area contributed by atoms with Gasteiger partial charge in [0.2, 0.25) is 0 Å². The molecule has 0 saturated heterocycles. The van der Waals surface area contributed by atoms with Crippen LogP contribution in [-0.4, -0.2) is 22.0 Å².